The van der Waals surface area contributed by atoms with Gasteiger partial charge < -0.3 is 19.7 Å². The number of hydrogen-bond donors (Lipinski definition) is 1. The number of carbonyl (C=O) groups excluding carboxylic acids is 1. The van der Waals surface area contributed by atoms with Gasteiger partial charge in [0.1, 0.15) is 11.4 Å². The predicted molar refractivity (Wildman–Crippen MR) is 88.2 cm³/mol. The highest BCUT2D eigenvalue weighted by atomic mass is 16.5. The quantitative estimate of drug-likeness (QED) is 0.877. The minimum absolute atomic E-state index is 0.0949. The van der Waals surface area contributed by atoms with Crippen LogP contribution in [-0.4, -0.2) is 43.7 Å². The predicted octanol–water partition coefficient (Wildman–Crippen LogP) is 1.88. The maximum absolute atomic E-state index is 12.1. The third-order valence-electron chi connectivity index (χ3n) is 2.99. The molecule has 0 spiro atoms. The summed E-state index contributed by atoms with van der Waals surface area (Å²) in [5.74, 6) is 0.920. The lowest BCUT2D eigenvalue weighted by molar-refractivity contribution is -0.118. The Hall–Kier alpha value is -2.83. The van der Waals surface area contributed by atoms with Crippen molar-refractivity contribution in [1.82, 2.24) is 9.97 Å². The van der Waals surface area contributed by atoms with Crippen molar-refractivity contribution in [3.63, 3.8) is 0 Å². The molecule has 0 saturated heterocycles. The summed E-state index contributed by atoms with van der Waals surface area (Å²) in [4.78, 5) is 22.0. The van der Waals surface area contributed by atoms with E-state index in [0.717, 1.165) is 5.56 Å². The summed E-state index contributed by atoms with van der Waals surface area (Å²) < 4.78 is 10.5. The van der Waals surface area contributed by atoms with Crippen molar-refractivity contribution in [1.29, 1.82) is 0 Å². The van der Waals surface area contributed by atoms with Crippen molar-refractivity contribution >= 4 is 17.4 Å². The third kappa shape index (κ3) is 4.57. The molecule has 1 heterocycles. The molecule has 0 aliphatic heterocycles. The van der Waals surface area contributed by atoms with E-state index in [1.807, 2.05) is 45.3 Å². The lowest BCUT2D eigenvalue weighted by Gasteiger charge is -2.16. The summed E-state index contributed by atoms with van der Waals surface area (Å²) in [6, 6.07) is 7.76. The number of aromatic nitrogens is 2. The molecule has 2 aromatic rings. The number of methoxy groups -OCH3 is 1. The maximum Gasteiger partial charge on any atom is 0.318 e. The maximum atomic E-state index is 12.1. The Kier molecular flexibility index (Phi) is 5.35. The number of amides is 1. The fourth-order valence-corrected chi connectivity index (χ4v) is 1.92. The molecule has 122 valence electrons. The number of ether oxygens (including phenoxy) is 2. The van der Waals surface area contributed by atoms with E-state index in [1.54, 1.807) is 4.90 Å². The molecule has 0 aliphatic rings. The molecule has 0 fully saturated rings. The summed E-state index contributed by atoms with van der Waals surface area (Å²) in [7, 11) is 5.13. The number of rotatable bonds is 6. The monoisotopic (exact) mass is 316 g/mol. The highest BCUT2D eigenvalue weighted by Crippen LogP contribution is 2.22. The lowest BCUT2D eigenvalue weighted by atomic mass is 10.2. The SMILES string of the molecule is COc1ncc(NC(=O)COc2cccc(C)c2)c(N(C)C)n1. The van der Waals surface area contributed by atoms with Crippen LogP contribution in [0.15, 0.2) is 30.5 Å². The largest absolute Gasteiger partial charge is 0.484 e. The second kappa shape index (κ2) is 7.44. The van der Waals surface area contributed by atoms with Crippen LogP contribution in [0.1, 0.15) is 5.56 Å². The standard InChI is InChI=1S/C16H20N4O3/c1-11-6-5-7-12(8-11)23-10-14(21)18-13-9-17-16(22-4)19-15(13)20(2)3/h5-9H,10H2,1-4H3,(H,18,21). The van der Waals surface area contributed by atoms with Crippen molar-refractivity contribution in [2.75, 3.05) is 38.0 Å². The van der Waals surface area contributed by atoms with Crippen LogP contribution >= 0.6 is 0 Å². The van der Waals surface area contributed by atoms with Crippen molar-refractivity contribution in [2.24, 2.45) is 0 Å². The zero-order valence-electron chi connectivity index (χ0n) is 13.7. The van der Waals surface area contributed by atoms with Gasteiger partial charge in [-0.25, -0.2) is 4.98 Å². The fourth-order valence-electron chi connectivity index (χ4n) is 1.92. The number of anilines is 2. The summed E-state index contributed by atoms with van der Waals surface area (Å²) >= 11 is 0. The van der Waals surface area contributed by atoms with Gasteiger partial charge in [-0.05, 0) is 24.6 Å². The molecule has 1 amide bonds. The van der Waals surface area contributed by atoms with Gasteiger partial charge in [0, 0.05) is 14.1 Å². The molecule has 23 heavy (non-hydrogen) atoms. The Morgan fingerprint density at radius 1 is 1.35 bits per heavy atom. The first-order valence-corrected chi connectivity index (χ1v) is 7.07. The van der Waals surface area contributed by atoms with Gasteiger partial charge in [-0.1, -0.05) is 12.1 Å². The number of hydrogen-bond acceptors (Lipinski definition) is 6. The first-order valence-electron chi connectivity index (χ1n) is 7.07. The van der Waals surface area contributed by atoms with E-state index in [-0.39, 0.29) is 18.5 Å². The molecule has 0 radical (unpaired) electrons. The van der Waals surface area contributed by atoms with E-state index < -0.39 is 0 Å². The zero-order chi connectivity index (χ0) is 16.8. The van der Waals surface area contributed by atoms with Crippen molar-refractivity contribution in [2.45, 2.75) is 6.92 Å². The van der Waals surface area contributed by atoms with Gasteiger partial charge >= 0.3 is 6.01 Å². The van der Waals surface area contributed by atoms with E-state index >= 15 is 0 Å². The second-order valence-corrected chi connectivity index (χ2v) is 5.14. The molecule has 1 aromatic heterocycles. The van der Waals surface area contributed by atoms with Crippen LogP contribution in [-0.2, 0) is 4.79 Å². The van der Waals surface area contributed by atoms with E-state index in [9.17, 15) is 4.79 Å². The molecule has 7 nitrogen and oxygen atoms in total. The molecule has 0 aliphatic carbocycles. The van der Waals surface area contributed by atoms with Crippen LogP contribution in [0.25, 0.3) is 0 Å². The molecule has 0 bridgehead atoms. The molecule has 0 saturated carbocycles. The van der Waals surface area contributed by atoms with Crippen LogP contribution in [0.2, 0.25) is 0 Å². The summed E-state index contributed by atoms with van der Waals surface area (Å²) in [5, 5.41) is 2.74. The van der Waals surface area contributed by atoms with Crippen LogP contribution < -0.4 is 19.7 Å². The van der Waals surface area contributed by atoms with Gasteiger partial charge in [0.25, 0.3) is 5.91 Å². The first kappa shape index (κ1) is 16.5. The van der Waals surface area contributed by atoms with E-state index in [1.165, 1.54) is 13.3 Å². The molecule has 7 heteroatoms. The summed E-state index contributed by atoms with van der Waals surface area (Å²) in [6.07, 6.45) is 1.51. The van der Waals surface area contributed by atoms with Crippen LogP contribution in [0.3, 0.4) is 0 Å². The van der Waals surface area contributed by atoms with Crippen molar-refractivity contribution in [3.8, 4) is 11.8 Å². The van der Waals surface area contributed by atoms with Crippen LogP contribution in [0, 0.1) is 6.92 Å². The Balaban J connectivity index is 2.02. The Morgan fingerprint density at radius 3 is 2.78 bits per heavy atom. The van der Waals surface area contributed by atoms with E-state index in [4.69, 9.17) is 9.47 Å². The van der Waals surface area contributed by atoms with Gasteiger partial charge in [-0.3, -0.25) is 4.79 Å². The number of nitrogens with zero attached hydrogens (tertiary/aromatic N) is 3. The van der Waals surface area contributed by atoms with Gasteiger partial charge in [0.05, 0.1) is 13.3 Å². The molecule has 0 unspecified atom stereocenters. The normalized spacial score (nSPS) is 10.1. The smallest absolute Gasteiger partial charge is 0.318 e. The Labute approximate surface area is 135 Å². The van der Waals surface area contributed by atoms with Crippen LogP contribution in [0.4, 0.5) is 11.5 Å². The molecular weight excluding hydrogens is 296 g/mol. The van der Waals surface area contributed by atoms with Gasteiger partial charge in [0.15, 0.2) is 12.4 Å². The third-order valence-corrected chi connectivity index (χ3v) is 2.99. The van der Waals surface area contributed by atoms with E-state index in [2.05, 4.69) is 15.3 Å². The number of nitrogens with one attached hydrogen (secondary N) is 1. The average molecular weight is 316 g/mol. The van der Waals surface area contributed by atoms with Gasteiger partial charge in [-0.15, -0.1) is 0 Å². The topological polar surface area (TPSA) is 76.6 Å². The molecule has 1 N–H and O–H groups in total. The number of carbonyl (C=O) groups is 1. The summed E-state index contributed by atoms with van der Waals surface area (Å²) in [6.45, 7) is 1.87. The Morgan fingerprint density at radius 2 is 2.13 bits per heavy atom. The highest BCUT2D eigenvalue weighted by molar-refractivity contribution is 5.94. The average Bonchev–Trinajstić information content (AvgIpc) is 2.53. The minimum Gasteiger partial charge on any atom is -0.484 e. The van der Waals surface area contributed by atoms with Crippen LogP contribution in [0.5, 0.6) is 11.8 Å². The highest BCUT2D eigenvalue weighted by Gasteiger charge is 2.13. The molecule has 0 atom stereocenters. The van der Waals surface area contributed by atoms with Crippen molar-refractivity contribution in [3.05, 3.63) is 36.0 Å². The minimum atomic E-state index is -0.289. The second-order valence-electron chi connectivity index (χ2n) is 5.14. The summed E-state index contributed by atoms with van der Waals surface area (Å²) in [5.41, 5.74) is 1.56. The van der Waals surface area contributed by atoms with Gasteiger partial charge in [0.2, 0.25) is 0 Å². The zero-order valence-corrected chi connectivity index (χ0v) is 13.7. The first-order chi connectivity index (χ1) is 11.0. The molecule has 1 aromatic carbocycles. The molecule has 2 rings (SSSR count). The van der Waals surface area contributed by atoms with Crippen molar-refractivity contribution < 1.29 is 14.3 Å². The fraction of sp³-hybridized carbons (Fsp3) is 0.312. The van der Waals surface area contributed by atoms with Gasteiger partial charge in [-0.2, -0.15) is 4.98 Å². The number of aryl methyl sites for hydroxylation is 1. The number of benzene rings is 1. The lowest BCUT2D eigenvalue weighted by Crippen LogP contribution is -2.23. The van der Waals surface area contributed by atoms with E-state index in [0.29, 0.717) is 17.3 Å². The Bertz CT molecular complexity index is 689. The molecular formula is C16H20N4O3.